The summed E-state index contributed by atoms with van der Waals surface area (Å²) in [6.07, 6.45) is 0. The van der Waals surface area contributed by atoms with E-state index in [9.17, 15) is 0 Å². The van der Waals surface area contributed by atoms with Crippen LogP contribution in [0.2, 0.25) is 0 Å². The molecule has 2 N–H and O–H groups in total. The first-order chi connectivity index (χ1) is 9.15. The lowest BCUT2D eigenvalue weighted by molar-refractivity contribution is 0.881. The lowest BCUT2D eigenvalue weighted by Crippen LogP contribution is -2.08. The Bertz CT molecular complexity index is 712. The van der Waals surface area contributed by atoms with E-state index >= 15 is 0 Å². The molecule has 3 aromatic rings. The predicted octanol–water partition coefficient (Wildman–Crippen LogP) is 0.780. The molecule has 19 heavy (non-hydrogen) atoms. The maximum absolute atomic E-state index is 4.51. The number of aromatic nitrogens is 7. The molecule has 0 atom stereocenters. The number of fused-ring (bicyclic) bond motifs is 1. The molecular weight excluding hydrogens is 244 g/mol. The van der Waals surface area contributed by atoms with Gasteiger partial charge in [0.1, 0.15) is 5.82 Å². The van der Waals surface area contributed by atoms with Crippen molar-refractivity contribution in [1.29, 1.82) is 0 Å². The van der Waals surface area contributed by atoms with E-state index in [-0.39, 0.29) is 0 Å². The fraction of sp³-hybridized carbons (Fsp3) is 0.364. The molecule has 0 aliphatic carbocycles. The van der Waals surface area contributed by atoms with Crippen LogP contribution in [0.15, 0.2) is 6.07 Å². The van der Waals surface area contributed by atoms with E-state index in [1.54, 1.807) is 4.52 Å². The number of H-pyrrole nitrogens is 1. The summed E-state index contributed by atoms with van der Waals surface area (Å²) in [5.74, 6) is 1.46. The second kappa shape index (κ2) is 4.30. The molecule has 0 unspecified atom stereocenters. The Morgan fingerprint density at radius 1 is 1.32 bits per heavy atom. The van der Waals surface area contributed by atoms with Gasteiger partial charge in [0.05, 0.1) is 12.2 Å². The minimum Gasteiger partial charge on any atom is -0.362 e. The van der Waals surface area contributed by atoms with E-state index in [0.717, 1.165) is 28.4 Å². The highest BCUT2D eigenvalue weighted by molar-refractivity contribution is 5.55. The highest BCUT2D eigenvalue weighted by Crippen LogP contribution is 2.18. The second-order valence-corrected chi connectivity index (χ2v) is 4.41. The third-order valence-corrected chi connectivity index (χ3v) is 3.00. The predicted molar refractivity (Wildman–Crippen MR) is 68.7 cm³/mol. The molecule has 0 radical (unpaired) electrons. The standard InChI is InChI=1S/C11H14N8/c1-6-4-10(12-5-9-14-17-18-15-9)19-11(13-6)7(2)8(3)16-19/h4,12H,5H2,1-3H3,(H,14,15,17,18). The molecule has 0 spiro atoms. The van der Waals surface area contributed by atoms with E-state index in [4.69, 9.17) is 0 Å². The van der Waals surface area contributed by atoms with Crippen molar-refractivity contribution in [2.24, 2.45) is 0 Å². The van der Waals surface area contributed by atoms with Crippen LogP contribution >= 0.6 is 0 Å². The molecule has 3 aromatic heterocycles. The summed E-state index contributed by atoms with van der Waals surface area (Å²) < 4.78 is 1.80. The Kier molecular flexibility index (Phi) is 2.62. The zero-order valence-electron chi connectivity index (χ0n) is 11.0. The Morgan fingerprint density at radius 3 is 2.89 bits per heavy atom. The van der Waals surface area contributed by atoms with Crippen LogP contribution in [0.5, 0.6) is 0 Å². The second-order valence-electron chi connectivity index (χ2n) is 4.41. The normalized spacial score (nSPS) is 11.1. The van der Waals surface area contributed by atoms with Gasteiger partial charge in [-0.1, -0.05) is 5.21 Å². The van der Waals surface area contributed by atoms with Crippen molar-refractivity contribution in [3.63, 3.8) is 0 Å². The van der Waals surface area contributed by atoms with Crippen LogP contribution in [0.3, 0.4) is 0 Å². The molecule has 3 heterocycles. The maximum Gasteiger partial charge on any atom is 0.193 e. The van der Waals surface area contributed by atoms with Crippen molar-refractivity contribution in [2.45, 2.75) is 27.3 Å². The quantitative estimate of drug-likeness (QED) is 0.720. The number of hydrogen-bond donors (Lipinski definition) is 2. The molecule has 98 valence electrons. The number of aromatic amines is 1. The summed E-state index contributed by atoms with van der Waals surface area (Å²) in [6, 6.07) is 1.94. The molecule has 0 amide bonds. The third kappa shape index (κ3) is 2.01. The summed E-state index contributed by atoms with van der Waals surface area (Å²) in [5.41, 5.74) is 3.87. The van der Waals surface area contributed by atoms with Gasteiger partial charge in [-0.3, -0.25) is 0 Å². The zero-order valence-corrected chi connectivity index (χ0v) is 11.0. The van der Waals surface area contributed by atoms with Crippen LogP contribution in [-0.2, 0) is 6.54 Å². The van der Waals surface area contributed by atoms with E-state index in [1.807, 2.05) is 26.8 Å². The summed E-state index contributed by atoms with van der Waals surface area (Å²) in [5, 5.41) is 21.5. The van der Waals surface area contributed by atoms with Gasteiger partial charge in [0.15, 0.2) is 11.5 Å². The Hall–Kier alpha value is -2.51. The van der Waals surface area contributed by atoms with Gasteiger partial charge in [-0.05, 0) is 20.8 Å². The molecule has 0 fully saturated rings. The Labute approximate surface area is 109 Å². The van der Waals surface area contributed by atoms with Crippen LogP contribution in [0.4, 0.5) is 5.82 Å². The van der Waals surface area contributed by atoms with Crippen LogP contribution in [-0.4, -0.2) is 35.2 Å². The maximum atomic E-state index is 4.51. The molecule has 0 aliphatic rings. The number of nitrogens with zero attached hydrogens (tertiary/aromatic N) is 6. The van der Waals surface area contributed by atoms with Crippen LogP contribution in [0, 0.1) is 20.8 Å². The lowest BCUT2D eigenvalue weighted by atomic mass is 10.3. The number of rotatable bonds is 3. The van der Waals surface area contributed by atoms with Crippen LogP contribution in [0.1, 0.15) is 22.8 Å². The number of aryl methyl sites for hydroxylation is 3. The fourth-order valence-corrected chi connectivity index (χ4v) is 1.90. The molecule has 8 nitrogen and oxygen atoms in total. The van der Waals surface area contributed by atoms with E-state index in [2.05, 4.69) is 36.0 Å². The van der Waals surface area contributed by atoms with E-state index < -0.39 is 0 Å². The topological polar surface area (TPSA) is 96.7 Å². The van der Waals surface area contributed by atoms with Gasteiger partial charge in [-0.25, -0.2) is 4.98 Å². The van der Waals surface area contributed by atoms with Crippen molar-refractivity contribution >= 4 is 11.5 Å². The van der Waals surface area contributed by atoms with Crippen molar-refractivity contribution in [2.75, 3.05) is 5.32 Å². The number of hydrogen-bond acceptors (Lipinski definition) is 6. The minimum absolute atomic E-state index is 0.479. The molecule has 0 saturated carbocycles. The summed E-state index contributed by atoms with van der Waals surface area (Å²) >= 11 is 0. The number of anilines is 1. The van der Waals surface area contributed by atoms with Gasteiger partial charge < -0.3 is 5.32 Å². The summed E-state index contributed by atoms with van der Waals surface area (Å²) in [6.45, 7) is 6.43. The first kappa shape index (κ1) is 11.6. The highest BCUT2D eigenvalue weighted by atomic mass is 15.5. The minimum atomic E-state index is 0.479. The van der Waals surface area contributed by atoms with Crippen molar-refractivity contribution in [1.82, 2.24) is 35.2 Å². The number of tetrazole rings is 1. The lowest BCUT2D eigenvalue weighted by Gasteiger charge is -2.07. The number of nitrogens with one attached hydrogen (secondary N) is 2. The average molecular weight is 258 g/mol. The first-order valence-corrected chi connectivity index (χ1v) is 5.95. The molecule has 3 rings (SSSR count). The molecule has 0 aromatic carbocycles. The largest absolute Gasteiger partial charge is 0.362 e. The zero-order chi connectivity index (χ0) is 13.4. The average Bonchev–Trinajstić information content (AvgIpc) is 2.98. The van der Waals surface area contributed by atoms with Gasteiger partial charge in [0.2, 0.25) is 0 Å². The molecule has 0 bridgehead atoms. The van der Waals surface area contributed by atoms with Gasteiger partial charge in [-0.15, -0.1) is 10.2 Å². The third-order valence-electron chi connectivity index (χ3n) is 3.00. The SMILES string of the molecule is Cc1cc(NCc2nn[nH]n2)n2nc(C)c(C)c2n1. The monoisotopic (exact) mass is 258 g/mol. The fourth-order valence-electron chi connectivity index (χ4n) is 1.90. The van der Waals surface area contributed by atoms with Gasteiger partial charge in [0.25, 0.3) is 0 Å². The van der Waals surface area contributed by atoms with Crippen molar-refractivity contribution in [3.05, 3.63) is 28.8 Å². The molecular formula is C11H14N8. The van der Waals surface area contributed by atoms with Gasteiger partial charge in [-0.2, -0.15) is 14.8 Å². The smallest absolute Gasteiger partial charge is 0.193 e. The molecule has 0 aliphatic heterocycles. The Morgan fingerprint density at radius 2 is 2.16 bits per heavy atom. The van der Waals surface area contributed by atoms with E-state index in [1.165, 1.54) is 0 Å². The summed E-state index contributed by atoms with van der Waals surface area (Å²) in [7, 11) is 0. The first-order valence-electron chi connectivity index (χ1n) is 5.95. The molecule has 8 heteroatoms. The molecule has 0 saturated heterocycles. The summed E-state index contributed by atoms with van der Waals surface area (Å²) in [4.78, 5) is 4.51. The van der Waals surface area contributed by atoms with Crippen molar-refractivity contribution < 1.29 is 0 Å². The Balaban J connectivity index is 2.00. The highest BCUT2D eigenvalue weighted by Gasteiger charge is 2.11. The van der Waals surface area contributed by atoms with Crippen molar-refractivity contribution in [3.8, 4) is 0 Å². The van der Waals surface area contributed by atoms with Gasteiger partial charge >= 0.3 is 0 Å². The van der Waals surface area contributed by atoms with Gasteiger partial charge in [0, 0.05) is 17.3 Å². The van der Waals surface area contributed by atoms with E-state index in [0.29, 0.717) is 12.4 Å². The van der Waals surface area contributed by atoms with Crippen LogP contribution < -0.4 is 5.32 Å². The van der Waals surface area contributed by atoms with Crippen LogP contribution in [0.25, 0.3) is 5.65 Å².